The van der Waals surface area contributed by atoms with Gasteiger partial charge in [0.15, 0.2) is 17.3 Å². The molecule has 0 spiro atoms. The monoisotopic (exact) mass is 536 g/mol. The first-order chi connectivity index (χ1) is 20.0. The van der Waals surface area contributed by atoms with Crippen LogP contribution in [0.5, 0.6) is 0 Å². The normalized spacial score (nSPS) is 12.2. The van der Waals surface area contributed by atoms with Crippen LogP contribution < -0.4 is 11.5 Å². The number of hydrogen-bond acceptors (Lipinski definition) is 9. The maximum absolute atomic E-state index is 12.7. The molecule has 9 heteroatoms. The zero-order valence-electron chi connectivity index (χ0n) is 21.4. The van der Waals surface area contributed by atoms with Crippen molar-refractivity contribution in [1.29, 1.82) is 0 Å². The second kappa shape index (κ2) is 9.35. The molecule has 0 saturated carbocycles. The number of ketones is 2. The molecular weight excluding hydrogens is 516 g/mol. The summed E-state index contributed by atoms with van der Waals surface area (Å²) in [4.78, 5) is 42.2. The molecule has 0 aliphatic heterocycles. The first kappa shape index (κ1) is 24.1. The standard InChI is InChI=1S/C17H11N3O.C15H9N3O2/c18-17-19-14(10-6-2-1-3-7-10)13-15(20-17)11-8-4-5-9-12(11)16(13)21;16-15-17-12-8-4-1-2-5-9(8)14(19)11(12)13(18-15)10-6-3-7-20-10/h1-9H,(H2,18,19,20);1-7H,(H2,16,17,18). The number of rotatable bonds is 2. The van der Waals surface area contributed by atoms with Crippen molar-refractivity contribution in [3.8, 4) is 45.2 Å². The number of carbonyl (C=O) groups excluding carboxylic acids is 2. The van der Waals surface area contributed by atoms with E-state index >= 15 is 0 Å². The summed E-state index contributed by atoms with van der Waals surface area (Å²) >= 11 is 0. The van der Waals surface area contributed by atoms with Gasteiger partial charge in [0.1, 0.15) is 5.69 Å². The van der Waals surface area contributed by atoms with Gasteiger partial charge in [-0.15, -0.1) is 0 Å². The van der Waals surface area contributed by atoms with E-state index in [2.05, 4.69) is 19.9 Å². The second-order valence-corrected chi connectivity index (χ2v) is 9.40. The van der Waals surface area contributed by atoms with Crippen LogP contribution >= 0.6 is 0 Å². The quantitative estimate of drug-likeness (QED) is 0.293. The van der Waals surface area contributed by atoms with Gasteiger partial charge in [0, 0.05) is 27.8 Å². The van der Waals surface area contributed by atoms with Crippen LogP contribution in [0.15, 0.2) is 102 Å². The van der Waals surface area contributed by atoms with Crippen molar-refractivity contribution in [2.75, 3.05) is 11.5 Å². The van der Waals surface area contributed by atoms with Crippen molar-refractivity contribution >= 4 is 23.5 Å². The number of fused-ring (bicyclic) bond motifs is 6. The van der Waals surface area contributed by atoms with Gasteiger partial charge in [-0.25, -0.2) is 19.9 Å². The van der Waals surface area contributed by atoms with Crippen LogP contribution in [0.1, 0.15) is 31.8 Å². The average molecular weight is 537 g/mol. The predicted molar refractivity (Wildman–Crippen MR) is 154 cm³/mol. The molecule has 2 aliphatic rings. The Balaban J connectivity index is 0.000000135. The Labute approximate surface area is 233 Å². The molecule has 9 nitrogen and oxygen atoms in total. The second-order valence-electron chi connectivity index (χ2n) is 9.40. The molecule has 0 bridgehead atoms. The maximum Gasteiger partial charge on any atom is 0.221 e. The molecule has 41 heavy (non-hydrogen) atoms. The van der Waals surface area contributed by atoms with E-state index in [4.69, 9.17) is 15.9 Å². The van der Waals surface area contributed by atoms with Crippen LogP contribution in [-0.4, -0.2) is 31.5 Å². The van der Waals surface area contributed by atoms with E-state index in [-0.39, 0.29) is 23.5 Å². The minimum absolute atomic E-state index is 0.0422. The smallest absolute Gasteiger partial charge is 0.221 e. The fourth-order valence-electron chi connectivity index (χ4n) is 5.22. The van der Waals surface area contributed by atoms with Gasteiger partial charge in [-0.05, 0) is 12.1 Å². The third-order valence-corrected chi connectivity index (χ3v) is 6.96. The van der Waals surface area contributed by atoms with Gasteiger partial charge in [-0.3, -0.25) is 9.59 Å². The Morgan fingerprint density at radius 2 is 0.951 bits per heavy atom. The van der Waals surface area contributed by atoms with Gasteiger partial charge in [-0.2, -0.15) is 0 Å². The van der Waals surface area contributed by atoms with Crippen LogP contribution in [0.2, 0.25) is 0 Å². The van der Waals surface area contributed by atoms with Gasteiger partial charge < -0.3 is 15.9 Å². The summed E-state index contributed by atoms with van der Waals surface area (Å²) in [6, 6.07) is 27.8. The number of furan rings is 1. The highest BCUT2D eigenvalue weighted by molar-refractivity contribution is 6.24. The molecular formula is C32H20N6O3. The molecule has 3 aromatic heterocycles. The summed E-state index contributed by atoms with van der Waals surface area (Å²) in [6.07, 6.45) is 1.53. The van der Waals surface area contributed by atoms with Gasteiger partial charge in [0.2, 0.25) is 11.9 Å². The molecule has 196 valence electrons. The average Bonchev–Trinajstić information content (AvgIpc) is 3.71. The first-order valence-electron chi connectivity index (χ1n) is 12.7. The fourth-order valence-corrected chi connectivity index (χ4v) is 5.22. The Hall–Kier alpha value is -5.96. The van der Waals surface area contributed by atoms with Crippen LogP contribution in [0, 0.1) is 0 Å². The lowest BCUT2D eigenvalue weighted by Crippen LogP contribution is -2.05. The van der Waals surface area contributed by atoms with Crippen molar-refractivity contribution in [2.24, 2.45) is 0 Å². The predicted octanol–water partition coefficient (Wildman–Crippen LogP) is 5.47. The number of benzene rings is 3. The number of nitrogens with zero attached hydrogens (tertiary/aromatic N) is 4. The minimum Gasteiger partial charge on any atom is -0.463 e. The summed E-state index contributed by atoms with van der Waals surface area (Å²) in [5, 5.41) is 0. The number of hydrogen-bond donors (Lipinski definition) is 2. The summed E-state index contributed by atoms with van der Waals surface area (Å²) in [6.45, 7) is 0. The van der Waals surface area contributed by atoms with Crippen molar-refractivity contribution in [2.45, 2.75) is 0 Å². The van der Waals surface area contributed by atoms with Crippen LogP contribution in [0.25, 0.3) is 45.2 Å². The molecule has 6 aromatic rings. The van der Waals surface area contributed by atoms with Crippen molar-refractivity contribution in [3.63, 3.8) is 0 Å². The van der Waals surface area contributed by atoms with E-state index in [1.54, 1.807) is 18.2 Å². The Kier molecular flexibility index (Phi) is 5.50. The molecule has 3 heterocycles. The SMILES string of the molecule is Nc1nc(-c2ccccc2)c2c(n1)-c1ccccc1C2=O.Nc1nc(-c2ccco2)c2c(n1)-c1ccccc1C2=O. The highest BCUT2D eigenvalue weighted by Crippen LogP contribution is 2.41. The lowest BCUT2D eigenvalue weighted by atomic mass is 10.0. The van der Waals surface area contributed by atoms with Gasteiger partial charge in [0.05, 0.1) is 34.5 Å². The molecule has 0 atom stereocenters. The van der Waals surface area contributed by atoms with Crippen LogP contribution in [0.3, 0.4) is 0 Å². The van der Waals surface area contributed by atoms with Crippen LogP contribution in [-0.2, 0) is 0 Å². The van der Waals surface area contributed by atoms with Crippen molar-refractivity contribution in [3.05, 3.63) is 120 Å². The van der Waals surface area contributed by atoms with E-state index in [9.17, 15) is 9.59 Å². The Morgan fingerprint density at radius 3 is 1.49 bits per heavy atom. The zero-order chi connectivity index (χ0) is 28.1. The molecule has 0 radical (unpaired) electrons. The molecule has 4 N–H and O–H groups in total. The Bertz CT molecular complexity index is 2000. The third kappa shape index (κ3) is 3.87. The highest BCUT2D eigenvalue weighted by atomic mass is 16.3. The first-order valence-corrected chi connectivity index (χ1v) is 12.7. The van der Waals surface area contributed by atoms with Gasteiger partial charge in [0.25, 0.3) is 0 Å². The third-order valence-electron chi connectivity index (χ3n) is 6.96. The summed E-state index contributed by atoms with van der Waals surface area (Å²) in [5.41, 5.74) is 18.6. The summed E-state index contributed by atoms with van der Waals surface area (Å²) in [7, 11) is 0. The fraction of sp³-hybridized carbons (Fsp3) is 0. The minimum atomic E-state index is -0.0954. The number of aromatic nitrogens is 4. The van der Waals surface area contributed by atoms with E-state index < -0.39 is 0 Å². The number of nitrogen functional groups attached to an aromatic ring is 2. The van der Waals surface area contributed by atoms with E-state index in [1.807, 2.05) is 72.8 Å². The highest BCUT2D eigenvalue weighted by Gasteiger charge is 2.33. The maximum atomic E-state index is 12.7. The van der Waals surface area contributed by atoms with Crippen molar-refractivity contribution < 1.29 is 14.0 Å². The van der Waals surface area contributed by atoms with Gasteiger partial charge in [-0.1, -0.05) is 78.9 Å². The number of nitrogens with two attached hydrogens (primary N) is 2. The number of anilines is 2. The molecule has 0 amide bonds. The van der Waals surface area contributed by atoms with Gasteiger partial charge >= 0.3 is 0 Å². The van der Waals surface area contributed by atoms with E-state index in [0.29, 0.717) is 50.8 Å². The molecule has 3 aromatic carbocycles. The molecule has 0 saturated heterocycles. The largest absolute Gasteiger partial charge is 0.463 e. The number of carbonyl (C=O) groups is 2. The summed E-state index contributed by atoms with van der Waals surface area (Å²) in [5.74, 6) is 0.676. The molecule has 0 fully saturated rings. The zero-order valence-corrected chi connectivity index (χ0v) is 21.4. The Morgan fingerprint density at radius 1 is 0.488 bits per heavy atom. The molecule has 8 rings (SSSR count). The lowest BCUT2D eigenvalue weighted by molar-refractivity contribution is 0.103. The topological polar surface area (TPSA) is 151 Å². The lowest BCUT2D eigenvalue weighted by Gasteiger charge is -2.07. The molecule has 2 aliphatic carbocycles. The van der Waals surface area contributed by atoms with E-state index in [1.165, 1.54) is 6.26 Å². The van der Waals surface area contributed by atoms with E-state index in [0.717, 1.165) is 16.7 Å². The molecule has 0 unspecified atom stereocenters. The van der Waals surface area contributed by atoms with Crippen LogP contribution in [0.4, 0.5) is 11.9 Å². The summed E-state index contributed by atoms with van der Waals surface area (Å²) < 4.78 is 5.35. The van der Waals surface area contributed by atoms with Crippen molar-refractivity contribution in [1.82, 2.24) is 19.9 Å².